The van der Waals surface area contributed by atoms with Crippen LogP contribution < -0.4 is 5.32 Å². The number of hydrogen-bond donors (Lipinski definition) is 1. The van der Waals surface area contributed by atoms with Gasteiger partial charge in [-0.3, -0.25) is 4.57 Å². The van der Waals surface area contributed by atoms with Crippen LogP contribution in [0.25, 0.3) is 11.2 Å². The van der Waals surface area contributed by atoms with Crippen molar-refractivity contribution in [3.05, 3.63) is 42.5 Å². The number of sulfone groups is 1. The molecule has 0 amide bonds. The van der Waals surface area contributed by atoms with Crippen molar-refractivity contribution in [1.29, 1.82) is 0 Å². The van der Waals surface area contributed by atoms with Crippen molar-refractivity contribution in [2.45, 2.75) is 81.6 Å². The maximum atomic E-state index is 12.8. The van der Waals surface area contributed by atoms with E-state index in [2.05, 4.69) is 26.2 Å². The van der Waals surface area contributed by atoms with E-state index in [1.807, 2.05) is 18.4 Å². The average Bonchev–Trinajstić information content (AvgIpc) is 3.53. The molecule has 1 aliphatic carbocycles. The first-order valence-electron chi connectivity index (χ1n) is 12.3. The largest absolute Gasteiger partial charge is 0.365 e. The van der Waals surface area contributed by atoms with Crippen LogP contribution in [0.5, 0.6) is 0 Å². The average molecular weight is 512 g/mol. The summed E-state index contributed by atoms with van der Waals surface area (Å²) in [4.78, 5) is 14.0. The van der Waals surface area contributed by atoms with Gasteiger partial charge < -0.3 is 14.8 Å². The molecule has 0 saturated heterocycles. The van der Waals surface area contributed by atoms with Gasteiger partial charge in [0.05, 0.1) is 30.4 Å². The van der Waals surface area contributed by atoms with Crippen molar-refractivity contribution in [2.24, 2.45) is 0 Å². The van der Waals surface area contributed by atoms with E-state index in [1.54, 1.807) is 36.7 Å². The molecule has 0 spiro atoms. The molecule has 2 heterocycles. The summed E-state index contributed by atoms with van der Waals surface area (Å²) in [6.07, 6.45) is 11.3. The van der Waals surface area contributed by atoms with Crippen molar-refractivity contribution < 1.29 is 17.9 Å². The van der Waals surface area contributed by atoms with Gasteiger partial charge in [-0.1, -0.05) is 31.0 Å². The summed E-state index contributed by atoms with van der Waals surface area (Å²) >= 11 is 0. The highest BCUT2D eigenvalue weighted by Crippen LogP contribution is 2.28. The Morgan fingerprint density at radius 3 is 2.61 bits per heavy atom. The fraction of sp³-hybridized carbons (Fsp3) is 0.500. The molecule has 3 aromatic rings. The number of rotatable bonds is 11. The summed E-state index contributed by atoms with van der Waals surface area (Å²) in [5.41, 5.74) is 0.284. The Bertz CT molecular complexity index is 1310. The monoisotopic (exact) mass is 511 g/mol. The highest BCUT2D eigenvalue weighted by molar-refractivity contribution is 7.91. The molecule has 10 heteroatoms. The van der Waals surface area contributed by atoms with E-state index in [4.69, 9.17) is 15.9 Å². The zero-order valence-electron chi connectivity index (χ0n) is 20.9. The molecule has 1 aromatic carbocycles. The van der Waals surface area contributed by atoms with Crippen molar-refractivity contribution in [3.8, 4) is 12.3 Å². The number of nitrogens with zero attached hydrogens (tertiary/aromatic N) is 4. The minimum Gasteiger partial charge on any atom is -0.365 e. The number of hydrogen-bond acceptors (Lipinski definition) is 8. The summed E-state index contributed by atoms with van der Waals surface area (Å²) < 4.78 is 39.2. The Morgan fingerprint density at radius 2 is 1.92 bits per heavy atom. The minimum absolute atomic E-state index is 0.0728. The van der Waals surface area contributed by atoms with Gasteiger partial charge >= 0.3 is 0 Å². The van der Waals surface area contributed by atoms with Crippen molar-refractivity contribution >= 4 is 26.8 Å². The second-order valence-corrected chi connectivity index (χ2v) is 11.4. The molecular weight excluding hydrogens is 478 g/mol. The summed E-state index contributed by atoms with van der Waals surface area (Å²) in [6, 6.07) is 8.64. The topological polar surface area (TPSA) is 108 Å². The van der Waals surface area contributed by atoms with Crippen LogP contribution in [-0.2, 0) is 19.3 Å². The molecule has 4 rings (SSSR count). The van der Waals surface area contributed by atoms with E-state index in [0.717, 1.165) is 18.7 Å². The van der Waals surface area contributed by atoms with Crippen LogP contribution >= 0.6 is 0 Å². The zero-order chi connectivity index (χ0) is 25.7. The van der Waals surface area contributed by atoms with E-state index >= 15 is 0 Å². The molecule has 1 saturated carbocycles. The number of imidazole rings is 1. The number of aromatic nitrogens is 4. The Hall–Kier alpha value is -3.00. The Labute approximate surface area is 212 Å². The number of anilines is 1. The lowest BCUT2D eigenvalue weighted by Crippen LogP contribution is -2.28. The zero-order valence-corrected chi connectivity index (χ0v) is 21.7. The number of nitrogens with one attached hydrogen (secondary N) is 1. The van der Waals surface area contributed by atoms with E-state index in [-0.39, 0.29) is 17.9 Å². The first kappa shape index (κ1) is 26.1. The van der Waals surface area contributed by atoms with Gasteiger partial charge in [0.1, 0.15) is 12.1 Å². The lowest BCUT2D eigenvalue weighted by atomic mass is 10.2. The summed E-state index contributed by atoms with van der Waals surface area (Å²) in [5.74, 6) is 4.00. The van der Waals surface area contributed by atoms with Gasteiger partial charge in [-0.05, 0) is 45.7 Å². The van der Waals surface area contributed by atoms with Crippen LogP contribution in [0.15, 0.2) is 41.6 Å². The Balaban J connectivity index is 1.47. The number of terminal acetylenes is 1. The molecular formula is C26H33N5O4S. The van der Waals surface area contributed by atoms with E-state index < -0.39 is 27.6 Å². The Kier molecular flexibility index (Phi) is 8.24. The minimum atomic E-state index is -3.61. The summed E-state index contributed by atoms with van der Waals surface area (Å²) in [7, 11) is -3.61. The predicted octanol–water partition coefficient (Wildman–Crippen LogP) is 4.25. The van der Waals surface area contributed by atoms with Gasteiger partial charge in [0, 0.05) is 6.04 Å². The molecule has 9 nitrogen and oxygen atoms in total. The van der Waals surface area contributed by atoms with Gasteiger partial charge in [-0.25, -0.2) is 23.4 Å². The molecule has 36 heavy (non-hydrogen) atoms. The van der Waals surface area contributed by atoms with Crippen LogP contribution in [0, 0.1) is 19.3 Å². The van der Waals surface area contributed by atoms with Crippen LogP contribution in [0.3, 0.4) is 0 Å². The van der Waals surface area contributed by atoms with E-state index in [0.29, 0.717) is 23.0 Å². The quantitative estimate of drug-likeness (QED) is 0.381. The van der Waals surface area contributed by atoms with Crippen LogP contribution in [-0.4, -0.2) is 52.1 Å². The molecule has 3 atom stereocenters. The van der Waals surface area contributed by atoms with Crippen molar-refractivity contribution in [3.63, 3.8) is 0 Å². The second-order valence-electron chi connectivity index (χ2n) is 9.14. The molecule has 1 fully saturated rings. The highest BCUT2D eigenvalue weighted by atomic mass is 32.2. The third-order valence-electron chi connectivity index (χ3n) is 6.30. The van der Waals surface area contributed by atoms with Gasteiger partial charge in [-0.2, -0.15) is 0 Å². The highest BCUT2D eigenvalue weighted by Gasteiger charge is 2.26. The first-order valence-corrected chi connectivity index (χ1v) is 13.8. The normalized spacial score (nSPS) is 17.1. The van der Waals surface area contributed by atoms with Gasteiger partial charge in [-0.15, -0.1) is 12.3 Å². The maximum absolute atomic E-state index is 12.8. The molecule has 1 aliphatic rings. The van der Waals surface area contributed by atoms with Crippen LogP contribution in [0.2, 0.25) is 0 Å². The third-order valence-corrected chi connectivity index (χ3v) is 8.23. The first-order chi connectivity index (χ1) is 17.3. The van der Waals surface area contributed by atoms with Gasteiger partial charge in [0.15, 0.2) is 22.4 Å². The molecule has 2 aromatic heterocycles. The van der Waals surface area contributed by atoms with E-state index in [9.17, 15) is 8.42 Å². The smallest absolute Gasteiger partial charge is 0.204 e. The third kappa shape index (κ3) is 5.86. The SMILES string of the molecule is C#CCC(OC(C)COC(C)S(=O)(=O)c1ccccc1)n1cnc2c(NC3CCCC3)nc(C)nc21. The number of fused-ring (bicyclic) bond motifs is 1. The number of benzene rings is 1. The van der Waals surface area contributed by atoms with Crippen molar-refractivity contribution in [1.82, 2.24) is 19.5 Å². The lowest BCUT2D eigenvalue weighted by Gasteiger charge is -2.24. The molecule has 0 bridgehead atoms. The fourth-order valence-corrected chi connectivity index (χ4v) is 5.56. The molecule has 3 unspecified atom stereocenters. The molecule has 1 N–H and O–H groups in total. The van der Waals surface area contributed by atoms with Crippen LogP contribution in [0.4, 0.5) is 5.82 Å². The predicted molar refractivity (Wildman–Crippen MR) is 138 cm³/mol. The standard InChI is InChI=1S/C26H33N5O4S/c1-5-11-23(35-18(2)16-34-20(4)36(32,33)22-14-7-6-8-15-22)31-17-27-24-25(28-19(3)29-26(24)31)30-21-12-9-10-13-21/h1,6-8,14-15,17-18,20-21,23H,9-13,16H2,2-4H3,(H,28,29,30). The number of ether oxygens (including phenoxy) is 2. The molecule has 0 radical (unpaired) electrons. The van der Waals surface area contributed by atoms with E-state index in [1.165, 1.54) is 19.8 Å². The molecule has 0 aliphatic heterocycles. The van der Waals surface area contributed by atoms with Crippen molar-refractivity contribution in [2.75, 3.05) is 11.9 Å². The van der Waals surface area contributed by atoms with Gasteiger partial charge in [0.25, 0.3) is 0 Å². The summed E-state index contributed by atoms with van der Waals surface area (Å²) in [6.45, 7) is 5.26. The summed E-state index contributed by atoms with van der Waals surface area (Å²) in [5, 5.41) is 3.53. The lowest BCUT2D eigenvalue weighted by molar-refractivity contribution is -0.0782. The Morgan fingerprint density at radius 1 is 1.19 bits per heavy atom. The number of aryl methyl sites for hydroxylation is 1. The molecule has 192 valence electrons. The maximum Gasteiger partial charge on any atom is 0.204 e. The van der Waals surface area contributed by atoms with Gasteiger partial charge in [0.2, 0.25) is 9.84 Å². The fourth-order valence-electron chi connectivity index (χ4n) is 4.38. The van der Waals surface area contributed by atoms with Crippen LogP contribution in [0.1, 0.15) is 58.0 Å². The second kappa shape index (κ2) is 11.4.